The molecule has 0 spiro atoms. The van der Waals surface area contributed by atoms with Crippen LogP contribution in [0.1, 0.15) is 51.6 Å². The number of amides is 2. The van der Waals surface area contributed by atoms with E-state index in [9.17, 15) is 22.8 Å². The number of sulfonamides is 1. The molecular weight excluding hydrogens is 623 g/mol. The van der Waals surface area contributed by atoms with Gasteiger partial charge in [0, 0.05) is 5.56 Å². The number of primary amides is 2. The van der Waals surface area contributed by atoms with Crippen molar-refractivity contribution < 1.29 is 32.3 Å². The van der Waals surface area contributed by atoms with Crippen LogP contribution in [0.5, 0.6) is 5.75 Å². The number of nitrogens with two attached hydrogens (primary N) is 3. The third-order valence-electron chi connectivity index (χ3n) is 6.18. The molecule has 13 nitrogen and oxygen atoms in total. The van der Waals surface area contributed by atoms with E-state index in [2.05, 4.69) is 5.32 Å². The number of nitrogen functional groups attached to an aromatic ring is 1. The lowest BCUT2D eigenvalue weighted by Gasteiger charge is -2.28. The molecule has 1 fully saturated rings. The van der Waals surface area contributed by atoms with Crippen LogP contribution in [-0.4, -0.2) is 70.1 Å². The van der Waals surface area contributed by atoms with Gasteiger partial charge in [0.15, 0.2) is 5.75 Å². The molecule has 0 atom stereocenters. The highest BCUT2D eigenvalue weighted by atomic mass is 35.5. The second kappa shape index (κ2) is 16.7. The number of benzene rings is 2. The zero-order valence-electron chi connectivity index (χ0n) is 23.4. The molecule has 0 aromatic heterocycles. The number of nitrogens with one attached hydrogen (secondary N) is 2. The third kappa shape index (κ3) is 10.1. The number of rotatable bonds is 13. The van der Waals surface area contributed by atoms with Gasteiger partial charge in [0.1, 0.15) is 17.7 Å². The maximum absolute atomic E-state index is 13.4. The van der Waals surface area contributed by atoms with Crippen molar-refractivity contribution in [2.75, 3.05) is 36.3 Å². The Morgan fingerprint density at radius 3 is 2.19 bits per heavy atom. The minimum atomic E-state index is -4.40. The van der Waals surface area contributed by atoms with Gasteiger partial charge in [-0.3, -0.25) is 24.1 Å². The molecule has 0 aliphatic carbocycles. The predicted octanol–water partition coefficient (Wildman–Crippen LogP) is 1.56. The van der Waals surface area contributed by atoms with Crippen molar-refractivity contribution in [1.29, 1.82) is 5.41 Å². The fourth-order valence-electron chi connectivity index (χ4n) is 4.23. The number of anilines is 1. The molecule has 2 amide bonds. The van der Waals surface area contributed by atoms with Crippen LogP contribution in [0.4, 0.5) is 5.69 Å². The number of piperidine rings is 1. The van der Waals surface area contributed by atoms with Crippen LogP contribution in [0, 0.1) is 5.41 Å². The van der Waals surface area contributed by atoms with E-state index in [1.54, 1.807) is 37.3 Å². The average molecular weight is 660 g/mol. The molecule has 0 saturated carbocycles. The fraction of sp³-hybridized carbons (Fsp3) is 0.333. The van der Waals surface area contributed by atoms with Crippen LogP contribution < -0.4 is 31.6 Å². The number of halogens is 2. The Morgan fingerprint density at radius 2 is 1.65 bits per heavy atom. The van der Waals surface area contributed by atoms with E-state index in [0.29, 0.717) is 37.1 Å². The number of carbonyl (C=O) groups excluding carboxylic acids is 3. The molecule has 16 heteroatoms. The summed E-state index contributed by atoms with van der Waals surface area (Å²) in [7, 11) is -4.40. The van der Waals surface area contributed by atoms with Crippen molar-refractivity contribution in [1.82, 2.24) is 5.32 Å². The van der Waals surface area contributed by atoms with Gasteiger partial charge in [-0.05, 0) is 56.6 Å². The lowest BCUT2D eigenvalue weighted by atomic mass is 10.0. The fourth-order valence-corrected chi connectivity index (χ4v) is 5.51. The van der Waals surface area contributed by atoms with Gasteiger partial charge in [-0.25, -0.2) is 8.42 Å². The van der Waals surface area contributed by atoms with E-state index in [1.807, 2.05) is 0 Å². The first kappa shape index (κ1) is 37.2. The first-order chi connectivity index (χ1) is 19.4. The van der Waals surface area contributed by atoms with Crippen molar-refractivity contribution in [2.45, 2.75) is 25.9 Å². The van der Waals surface area contributed by atoms with Gasteiger partial charge in [0.05, 0.1) is 30.0 Å². The quantitative estimate of drug-likeness (QED) is 0.119. The normalized spacial score (nSPS) is 13.3. The first-order valence-electron chi connectivity index (χ1n) is 12.8. The molecule has 1 heterocycles. The van der Waals surface area contributed by atoms with E-state index in [-0.39, 0.29) is 72.5 Å². The Morgan fingerprint density at radius 1 is 1.05 bits per heavy atom. The summed E-state index contributed by atoms with van der Waals surface area (Å²) in [6, 6.07) is 9.09. The molecule has 0 bridgehead atoms. The summed E-state index contributed by atoms with van der Waals surface area (Å²) in [4.78, 5) is 37.2. The highest BCUT2D eigenvalue weighted by Crippen LogP contribution is 2.33. The summed E-state index contributed by atoms with van der Waals surface area (Å²) in [5, 5.41) is 10.8. The molecule has 2 aromatic carbocycles. The highest BCUT2D eigenvalue weighted by Gasteiger charge is 2.30. The largest absolute Gasteiger partial charge is 0.489 e. The number of hydrogen-bond acceptors (Lipinski definition) is 9. The van der Waals surface area contributed by atoms with Crippen molar-refractivity contribution in [3.8, 4) is 5.75 Å². The monoisotopic (exact) mass is 658 g/mol. The smallest absolute Gasteiger partial charge is 0.323 e. The van der Waals surface area contributed by atoms with E-state index in [1.165, 1.54) is 18.2 Å². The molecule has 3 rings (SSSR count). The molecular formula is C27H36Cl2N6O7S. The number of esters is 1. The minimum Gasteiger partial charge on any atom is -0.489 e. The average Bonchev–Trinajstić information content (AvgIpc) is 2.91. The molecule has 236 valence electrons. The number of nitrogens with zero attached hydrogens (tertiary/aromatic N) is 1. The molecule has 0 unspecified atom stereocenters. The predicted molar refractivity (Wildman–Crippen MR) is 169 cm³/mol. The zero-order valence-corrected chi connectivity index (χ0v) is 25.9. The lowest BCUT2D eigenvalue weighted by molar-refractivity contribution is -0.139. The maximum Gasteiger partial charge on any atom is 0.323 e. The van der Waals surface area contributed by atoms with Gasteiger partial charge in [-0.2, -0.15) is 0 Å². The van der Waals surface area contributed by atoms with Crippen LogP contribution in [0.25, 0.3) is 6.08 Å². The number of amidine groups is 1. The van der Waals surface area contributed by atoms with E-state index in [4.69, 9.17) is 32.1 Å². The summed E-state index contributed by atoms with van der Waals surface area (Å²) in [6.45, 7) is 2.54. The van der Waals surface area contributed by atoms with Crippen LogP contribution >= 0.6 is 24.8 Å². The van der Waals surface area contributed by atoms with Crippen molar-refractivity contribution in [2.24, 2.45) is 17.2 Å². The summed E-state index contributed by atoms with van der Waals surface area (Å²) in [5.74, 6) is -4.16. The topological polar surface area (TPSA) is 221 Å². The molecule has 1 aliphatic rings. The van der Waals surface area contributed by atoms with Crippen molar-refractivity contribution in [3.05, 3.63) is 64.7 Å². The second-order valence-electron chi connectivity index (χ2n) is 9.20. The third-order valence-corrected chi connectivity index (χ3v) is 7.82. The summed E-state index contributed by atoms with van der Waals surface area (Å²) in [5.41, 5.74) is 17.3. The molecule has 0 radical (unpaired) electrons. The van der Waals surface area contributed by atoms with Gasteiger partial charge in [0.2, 0.25) is 10.0 Å². The number of hydrogen-bond donors (Lipinski definition) is 5. The van der Waals surface area contributed by atoms with Crippen LogP contribution in [0.2, 0.25) is 0 Å². The van der Waals surface area contributed by atoms with Crippen LogP contribution in [0.15, 0.2) is 42.5 Å². The summed E-state index contributed by atoms with van der Waals surface area (Å²) < 4.78 is 38.6. The molecule has 43 heavy (non-hydrogen) atoms. The standard InChI is InChI=1S/C27H34N6O7S.2ClH/c1-2-39-23(34)16-41(37,38)33(12-4-6-17-5-3-7-18(13-17)25(28)29)19-14-21(26(30)35)24(22(15-19)27(31)36)40-20-8-10-32-11-9-20;;/h3-7,13-15,20,32H,2,8-12,16H2,1H3,(H3,28,29)(H2,30,35)(H2,31,36);2*1H/b6-4+;;. The minimum absolute atomic E-state index is 0. The van der Waals surface area contributed by atoms with E-state index < -0.39 is 33.6 Å². The Balaban J connectivity index is 0.00000462. The summed E-state index contributed by atoms with van der Waals surface area (Å²) in [6.07, 6.45) is 3.98. The van der Waals surface area contributed by atoms with Crippen molar-refractivity contribution in [3.63, 3.8) is 0 Å². The van der Waals surface area contributed by atoms with Gasteiger partial charge >= 0.3 is 5.97 Å². The Kier molecular flexibility index (Phi) is 14.4. The Bertz CT molecular complexity index is 1430. The number of carbonyl (C=O) groups is 3. The SMILES string of the molecule is CCOC(=O)CS(=O)(=O)N(C/C=C/c1cccc(C(=N)N)c1)c1cc(C(N)=O)c(OC2CCNCC2)c(C(N)=O)c1.Cl.Cl. The second-order valence-corrected chi connectivity index (χ2v) is 11.1. The summed E-state index contributed by atoms with van der Waals surface area (Å²) >= 11 is 0. The Hall–Kier alpha value is -3.85. The van der Waals surface area contributed by atoms with E-state index in [0.717, 1.165) is 4.31 Å². The van der Waals surface area contributed by atoms with Crippen LogP contribution in [0.3, 0.4) is 0 Å². The molecule has 1 aliphatic heterocycles. The van der Waals surface area contributed by atoms with Gasteiger partial charge < -0.3 is 32.0 Å². The first-order valence-corrected chi connectivity index (χ1v) is 14.5. The molecule has 1 saturated heterocycles. The molecule has 8 N–H and O–H groups in total. The van der Waals surface area contributed by atoms with Crippen LogP contribution in [-0.2, 0) is 19.6 Å². The van der Waals surface area contributed by atoms with E-state index >= 15 is 0 Å². The maximum atomic E-state index is 13.4. The zero-order chi connectivity index (χ0) is 30.2. The molecule has 2 aromatic rings. The van der Waals surface area contributed by atoms with Gasteiger partial charge in [0.25, 0.3) is 11.8 Å². The number of ether oxygens (including phenoxy) is 2. The Labute approximate surface area is 262 Å². The highest BCUT2D eigenvalue weighted by molar-refractivity contribution is 7.93. The van der Waals surface area contributed by atoms with Gasteiger partial charge in [-0.15, -0.1) is 24.8 Å². The lowest BCUT2D eigenvalue weighted by Crippen LogP contribution is -2.37. The van der Waals surface area contributed by atoms with Crippen molar-refractivity contribution >= 4 is 70.2 Å². The van der Waals surface area contributed by atoms with Gasteiger partial charge in [-0.1, -0.05) is 30.4 Å².